The van der Waals surface area contributed by atoms with E-state index in [2.05, 4.69) is 27.9 Å². The summed E-state index contributed by atoms with van der Waals surface area (Å²) in [7, 11) is 0. The molecule has 1 fully saturated rings. The minimum atomic E-state index is 0.821. The second kappa shape index (κ2) is 7.48. The van der Waals surface area contributed by atoms with E-state index < -0.39 is 0 Å². The molecule has 102 valence electrons. The van der Waals surface area contributed by atoms with Gasteiger partial charge in [0.15, 0.2) is 0 Å². The Labute approximate surface area is 109 Å². The van der Waals surface area contributed by atoms with Crippen molar-refractivity contribution in [1.82, 2.24) is 25.6 Å². The van der Waals surface area contributed by atoms with E-state index in [1.54, 1.807) is 0 Å². The van der Waals surface area contributed by atoms with Gasteiger partial charge in [-0.05, 0) is 38.8 Å². The number of aromatic nitrogens is 3. The zero-order valence-corrected chi connectivity index (χ0v) is 11.4. The predicted molar refractivity (Wildman–Crippen MR) is 72.3 cm³/mol. The van der Waals surface area contributed by atoms with Crippen molar-refractivity contribution in [1.29, 1.82) is 0 Å². The summed E-state index contributed by atoms with van der Waals surface area (Å²) in [6.45, 7) is 6.05. The molecule has 0 atom stereocenters. The van der Waals surface area contributed by atoms with E-state index in [4.69, 9.17) is 0 Å². The molecule has 0 unspecified atom stereocenters. The molecule has 0 amide bonds. The van der Waals surface area contributed by atoms with Crippen molar-refractivity contribution in [3.05, 3.63) is 11.9 Å². The van der Waals surface area contributed by atoms with Gasteiger partial charge >= 0.3 is 0 Å². The van der Waals surface area contributed by atoms with Crippen LogP contribution in [0.25, 0.3) is 0 Å². The first kappa shape index (κ1) is 13.5. The van der Waals surface area contributed by atoms with Crippen LogP contribution in [-0.2, 0) is 13.1 Å². The Morgan fingerprint density at radius 3 is 3.00 bits per heavy atom. The SMILES string of the molecule is CCNCc1cn(CCCCCNC2CC2)nn1. The number of hydrogen-bond donors (Lipinski definition) is 2. The van der Waals surface area contributed by atoms with Gasteiger partial charge in [0, 0.05) is 25.3 Å². The van der Waals surface area contributed by atoms with E-state index in [0.717, 1.165) is 31.4 Å². The van der Waals surface area contributed by atoms with Crippen molar-refractivity contribution < 1.29 is 0 Å². The summed E-state index contributed by atoms with van der Waals surface area (Å²) in [5.74, 6) is 0. The van der Waals surface area contributed by atoms with Crippen LogP contribution in [0.3, 0.4) is 0 Å². The largest absolute Gasteiger partial charge is 0.314 e. The number of nitrogens with one attached hydrogen (secondary N) is 2. The Kier molecular flexibility index (Phi) is 5.61. The van der Waals surface area contributed by atoms with Gasteiger partial charge in [-0.25, -0.2) is 0 Å². The van der Waals surface area contributed by atoms with Crippen molar-refractivity contribution >= 4 is 0 Å². The predicted octanol–water partition coefficient (Wildman–Crippen LogP) is 1.31. The highest BCUT2D eigenvalue weighted by Crippen LogP contribution is 2.18. The highest BCUT2D eigenvalue weighted by molar-refractivity contribution is 4.91. The fourth-order valence-corrected chi connectivity index (χ4v) is 1.95. The second-order valence-corrected chi connectivity index (χ2v) is 5.04. The van der Waals surface area contributed by atoms with Crippen LogP contribution in [0.15, 0.2) is 6.20 Å². The van der Waals surface area contributed by atoms with E-state index in [-0.39, 0.29) is 0 Å². The molecular weight excluding hydrogens is 226 g/mol. The standard InChI is InChI=1S/C13H25N5/c1-2-14-10-13-11-18(17-16-13)9-5-3-4-8-15-12-6-7-12/h11-12,14-15H,2-10H2,1H3. The lowest BCUT2D eigenvalue weighted by atomic mass is 10.2. The lowest BCUT2D eigenvalue weighted by molar-refractivity contribution is 0.517. The third-order valence-corrected chi connectivity index (χ3v) is 3.22. The zero-order valence-electron chi connectivity index (χ0n) is 11.4. The Bertz CT molecular complexity index is 332. The first-order valence-electron chi connectivity index (χ1n) is 7.21. The zero-order chi connectivity index (χ0) is 12.6. The van der Waals surface area contributed by atoms with Gasteiger partial charge in [-0.2, -0.15) is 0 Å². The van der Waals surface area contributed by atoms with Crippen molar-refractivity contribution in [3.8, 4) is 0 Å². The fourth-order valence-electron chi connectivity index (χ4n) is 1.95. The minimum absolute atomic E-state index is 0.821. The normalized spacial score (nSPS) is 15.2. The average molecular weight is 251 g/mol. The van der Waals surface area contributed by atoms with Crippen molar-refractivity contribution in [2.24, 2.45) is 0 Å². The summed E-state index contributed by atoms with van der Waals surface area (Å²) in [5, 5.41) is 15.1. The summed E-state index contributed by atoms with van der Waals surface area (Å²) in [5.41, 5.74) is 1.03. The van der Waals surface area contributed by atoms with Crippen LogP contribution in [-0.4, -0.2) is 34.1 Å². The van der Waals surface area contributed by atoms with Crippen molar-refractivity contribution in [2.45, 2.75) is 58.2 Å². The molecular formula is C13H25N5. The molecule has 5 heteroatoms. The average Bonchev–Trinajstić information content (AvgIpc) is 3.10. The molecule has 5 nitrogen and oxygen atoms in total. The van der Waals surface area contributed by atoms with Crippen molar-refractivity contribution in [3.63, 3.8) is 0 Å². The third-order valence-electron chi connectivity index (χ3n) is 3.22. The van der Waals surface area contributed by atoms with Crippen LogP contribution in [0, 0.1) is 0 Å². The molecule has 1 aliphatic carbocycles. The summed E-state index contributed by atoms with van der Waals surface area (Å²) < 4.78 is 1.96. The Morgan fingerprint density at radius 2 is 2.22 bits per heavy atom. The fraction of sp³-hybridized carbons (Fsp3) is 0.846. The topological polar surface area (TPSA) is 54.8 Å². The van der Waals surface area contributed by atoms with Gasteiger partial charge in [-0.15, -0.1) is 5.10 Å². The van der Waals surface area contributed by atoms with Gasteiger partial charge in [0.05, 0.1) is 5.69 Å². The monoisotopic (exact) mass is 251 g/mol. The number of rotatable bonds is 10. The molecule has 0 radical (unpaired) electrons. The van der Waals surface area contributed by atoms with E-state index in [1.807, 2.05) is 10.9 Å². The number of aryl methyl sites for hydroxylation is 1. The Morgan fingerprint density at radius 1 is 1.33 bits per heavy atom. The van der Waals surface area contributed by atoms with Gasteiger partial charge in [-0.1, -0.05) is 18.6 Å². The molecule has 1 aromatic heterocycles. The van der Waals surface area contributed by atoms with Crippen molar-refractivity contribution in [2.75, 3.05) is 13.1 Å². The number of unbranched alkanes of at least 4 members (excludes halogenated alkanes) is 2. The van der Waals surface area contributed by atoms with E-state index >= 15 is 0 Å². The summed E-state index contributed by atoms with van der Waals surface area (Å²) in [6, 6.07) is 0.842. The highest BCUT2D eigenvalue weighted by atomic mass is 15.4. The number of nitrogens with zero attached hydrogens (tertiary/aromatic N) is 3. The summed E-state index contributed by atoms with van der Waals surface area (Å²) >= 11 is 0. The van der Waals surface area contributed by atoms with Crippen LogP contribution in [0.1, 0.15) is 44.7 Å². The maximum absolute atomic E-state index is 4.14. The number of hydrogen-bond acceptors (Lipinski definition) is 4. The van der Waals surface area contributed by atoms with Crippen LogP contribution in [0.5, 0.6) is 0 Å². The minimum Gasteiger partial charge on any atom is -0.314 e. The Hall–Kier alpha value is -0.940. The first-order valence-corrected chi connectivity index (χ1v) is 7.21. The van der Waals surface area contributed by atoms with E-state index in [0.29, 0.717) is 0 Å². The quantitative estimate of drug-likeness (QED) is 0.616. The van der Waals surface area contributed by atoms with Crippen LogP contribution < -0.4 is 10.6 Å². The Balaban J connectivity index is 1.50. The molecule has 2 rings (SSSR count). The molecule has 0 aromatic carbocycles. The smallest absolute Gasteiger partial charge is 0.0964 e. The molecule has 18 heavy (non-hydrogen) atoms. The van der Waals surface area contributed by atoms with Gasteiger partial charge in [0.1, 0.15) is 0 Å². The third kappa shape index (κ3) is 5.14. The van der Waals surface area contributed by atoms with Gasteiger partial charge in [0.2, 0.25) is 0 Å². The van der Waals surface area contributed by atoms with Gasteiger partial charge in [0.25, 0.3) is 0 Å². The van der Waals surface area contributed by atoms with Gasteiger partial charge < -0.3 is 10.6 Å². The highest BCUT2D eigenvalue weighted by Gasteiger charge is 2.19. The van der Waals surface area contributed by atoms with Gasteiger partial charge in [-0.3, -0.25) is 4.68 Å². The van der Waals surface area contributed by atoms with Crippen LogP contribution in [0.2, 0.25) is 0 Å². The molecule has 2 N–H and O–H groups in total. The molecule has 1 heterocycles. The first-order chi connectivity index (χ1) is 8.88. The maximum atomic E-state index is 4.14. The molecule has 1 aromatic rings. The summed E-state index contributed by atoms with van der Waals surface area (Å²) in [6.07, 6.45) is 8.54. The molecule has 0 spiro atoms. The maximum Gasteiger partial charge on any atom is 0.0964 e. The molecule has 1 aliphatic rings. The summed E-state index contributed by atoms with van der Waals surface area (Å²) in [4.78, 5) is 0. The van der Waals surface area contributed by atoms with Crippen LogP contribution in [0.4, 0.5) is 0 Å². The molecule has 0 aliphatic heterocycles. The molecule has 0 saturated heterocycles. The van der Waals surface area contributed by atoms with Crippen LogP contribution >= 0.6 is 0 Å². The molecule has 0 bridgehead atoms. The van der Waals surface area contributed by atoms with E-state index in [1.165, 1.54) is 38.6 Å². The van der Waals surface area contributed by atoms with E-state index in [9.17, 15) is 0 Å². The lowest BCUT2D eigenvalue weighted by Gasteiger charge is -2.02. The molecule has 1 saturated carbocycles. The second-order valence-electron chi connectivity index (χ2n) is 5.04. The lowest BCUT2D eigenvalue weighted by Crippen LogP contribution is -2.17.